The lowest BCUT2D eigenvalue weighted by Crippen LogP contribution is -2.25. The van der Waals surface area contributed by atoms with E-state index in [0.29, 0.717) is 11.6 Å². The Morgan fingerprint density at radius 2 is 2.29 bits per heavy atom. The monoisotopic (exact) mass is 230 g/mol. The van der Waals surface area contributed by atoms with Gasteiger partial charge in [0.05, 0.1) is 17.6 Å². The number of H-pyrrole nitrogens is 1. The van der Waals surface area contributed by atoms with E-state index in [1.165, 1.54) is 0 Å². The number of nitrogens with zero attached hydrogens (tertiary/aromatic N) is 2. The minimum absolute atomic E-state index is 0.00541. The maximum Gasteiger partial charge on any atom is 0.262 e. The molecule has 3 rings (SSSR count). The van der Waals surface area contributed by atoms with Gasteiger partial charge in [0.25, 0.3) is 5.91 Å². The number of aromatic nitrogens is 3. The van der Waals surface area contributed by atoms with Crippen molar-refractivity contribution in [3.05, 3.63) is 24.2 Å². The summed E-state index contributed by atoms with van der Waals surface area (Å²) < 4.78 is 5.25. The highest BCUT2D eigenvalue weighted by atomic mass is 16.5. The molecule has 2 aromatic rings. The molecule has 2 N–H and O–H groups in total. The smallest absolute Gasteiger partial charge is 0.262 e. The molecule has 6 nitrogen and oxygen atoms in total. The van der Waals surface area contributed by atoms with Crippen molar-refractivity contribution in [2.45, 2.75) is 6.92 Å². The number of fused-ring (bicyclic) bond motifs is 1. The normalized spacial score (nSPS) is 13.8. The Bertz CT molecular complexity index is 591. The summed E-state index contributed by atoms with van der Waals surface area (Å²) in [5, 5.41) is 2.69. The van der Waals surface area contributed by atoms with Crippen LogP contribution in [0.4, 0.5) is 5.69 Å². The van der Waals surface area contributed by atoms with E-state index in [9.17, 15) is 4.79 Å². The molecule has 1 aliphatic rings. The Hall–Kier alpha value is -2.37. The number of imidazole rings is 1. The average Bonchev–Trinajstić information content (AvgIpc) is 2.75. The Morgan fingerprint density at radius 1 is 1.41 bits per heavy atom. The Balaban J connectivity index is 2.01. The van der Waals surface area contributed by atoms with Gasteiger partial charge in [-0.1, -0.05) is 0 Å². The standard InChI is InChI=1S/C11H10N4O2/c1-6-12-4-9(13-6)7-2-3-8-11(15-7)17-5-10(16)14-8/h2-4H,5H2,1H3,(H,12,13)(H,14,16). The van der Waals surface area contributed by atoms with E-state index in [2.05, 4.69) is 20.3 Å². The van der Waals surface area contributed by atoms with Crippen molar-refractivity contribution < 1.29 is 9.53 Å². The molecule has 2 aromatic heterocycles. The number of carbonyl (C=O) groups is 1. The number of anilines is 1. The largest absolute Gasteiger partial charge is 0.466 e. The zero-order valence-corrected chi connectivity index (χ0v) is 9.15. The summed E-state index contributed by atoms with van der Waals surface area (Å²) in [4.78, 5) is 22.6. The van der Waals surface area contributed by atoms with Crippen molar-refractivity contribution in [3.63, 3.8) is 0 Å². The topological polar surface area (TPSA) is 79.9 Å². The minimum Gasteiger partial charge on any atom is -0.466 e. The maximum absolute atomic E-state index is 11.1. The molecule has 0 spiro atoms. The summed E-state index contributed by atoms with van der Waals surface area (Å²) in [5.74, 6) is 1.10. The molecule has 0 unspecified atom stereocenters. The lowest BCUT2D eigenvalue weighted by molar-refractivity contribution is -0.118. The van der Waals surface area contributed by atoms with Gasteiger partial charge in [0, 0.05) is 0 Å². The number of nitrogens with one attached hydrogen (secondary N) is 2. The van der Waals surface area contributed by atoms with Gasteiger partial charge in [-0.05, 0) is 19.1 Å². The molecule has 3 heterocycles. The number of pyridine rings is 1. The van der Waals surface area contributed by atoms with Crippen molar-refractivity contribution in [1.82, 2.24) is 15.0 Å². The molecule has 0 radical (unpaired) electrons. The van der Waals surface area contributed by atoms with Crippen molar-refractivity contribution >= 4 is 11.6 Å². The third-order valence-electron chi connectivity index (χ3n) is 2.45. The van der Waals surface area contributed by atoms with E-state index in [1.54, 1.807) is 18.3 Å². The SMILES string of the molecule is Cc1ncc(-c2ccc3c(n2)OCC(=O)N3)[nH]1. The van der Waals surface area contributed by atoms with Gasteiger partial charge in [0.15, 0.2) is 6.61 Å². The van der Waals surface area contributed by atoms with Crippen LogP contribution in [0.2, 0.25) is 0 Å². The van der Waals surface area contributed by atoms with Gasteiger partial charge in [-0.15, -0.1) is 0 Å². The fourth-order valence-corrected chi connectivity index (χ4v) is 1.67. The van der Waals surface area contributed by atoms with Crippen LogP contribution in [0.25, 0.3) is 11.4 Å². The molecule has 6 heteroatoms. The van der Waals surface area contributed by atoms with Crippen LogP contribution in [0.15, 0.2) is 18.3 Å². The van der Waals surface area contributed by atoms with Gasteiger partial charge >= 0.3 is 0 Å². The van der Waals surface area contributed by atoms with E-state index < -0.39 is 0 Å². The summed E-state index contributed by atoms with van der Waals surface area (Å²) in [6, 6.07) is 3.58. The second-order valence-electron chi connectivity index (χ2n) is 3.77. The van der Waals surface area contributed by atoms with E-state index in [0.717, 1.165) is 17.2 Å². The summed E-state index contributed by atoms with van der Waals surface area (Å²) in [6.45, 7) is 1.88. The molecule has 0 saturated carbocycles. The molecule has 1 amide bonds. The van der Waals surface area contributed by atoms with E-state index in [4.69, 9.17) is 4.74 Å². The summed E-state index contributed by atoms with van der Waals surface area (Å²) in [5.41, 5.74) is 2.16. The minimum atomic E-state index is -0.163. The molecular weight excluding hydrogens is 220 g/mol. The molecular formula is C11H10N4O2. The number of hydrogen-bond donors (Lipinski definition) is 2. The van der Waals surface area contributed by atoms with Crippen LogP contribution in [0, 0.1) is 6.92 Å². The van der Waals surface area contributed by atoms with Crippen LogP contribution in [0.1, 0.15) is 5.82 Å². The molecule has 0 bridgehead atoms. The molecule has 0 aliphatic carbocycles. The first-order valence-corrected chi connectivity index (χ1v) is 5.18. The van der Waals surface area contributed by atoms with Crippen molar-refractivity contribution in [2.75, 3.05) is 11.9 Å². The van der Waals surface area contributed by atoms with Gasteiger partial charge < -0.3 is 15.0 Å². The lowest BCUT2D eigenvalue weighted by Gasteiger charge is -2.16. The van der Waals surface area contributed by atoms with Crippen LogP contribution < -0.4 is 10.1 Å². The van der Waals surface area contributed by atoms with E-state index in [1.807, 2.05) is 6.92 Å². The third kappa shape index (κ3) is 1.73. The molecule has 0 aromatic carbocycles. The fraction of sp³-hybridized carbons (Fsp3) is 0.182. The lowest BCUT2D eigenvalue weighted by atomic mass is 10.2. The molecule has 1 aliphatic heterocycles. The number of rotatable bonds is 1. The first-order valence-electron chi connectivity index (χ1n) is 5.18. The van der Waals surface area contributed by atoms with Crippen molar-refractivity contribution in [3.8, 4) is 17.3 Å². The predicted octanol–water partition coefficient (Wildman–Crippen LogP) is 1.11. The second-order valence-corrected chi connectivity index (χ2v) is 3.77. The number of ether oxygens (including phenoxy) is 1. The average molecular weight is 230 g/mol. The summed E-state index contributed by atoms with van der Waals surface area (Å²) in [6.07, 6.45) is 1.71. The highest BCUT2D eigenvalue weighted by molar-refractivity contribution is 5.95. The highest BCUT2D eigenvalue weighted by Crippen LogP contribution is 2.28. The van der Waals surface area contributed by atoms with Crippen molar-refractivity contribution in [1.29, 1.82) is 0 Å². The number of amides is 1. The van der Waals surface area contributed by atoms with Gasteiger partial charge in [-0.25, -0.2) is 9.97 Å². The van der Waals surface area contributed by atoms with Crippen LogP contribution in [-0.2, 0) is 4.79 Å². The van der Waals surface area contributed by atoms with E-state index >= 15 is 0 Å². The zero-order chi connectivity index (χ0) is 11.8. The number of carbonyl (C=O) groups excluding carboxylic acids is 1. The van der Waals surface area contributed by atoms with Crippen LogP contribution in [-0.4, -0.2) is 27.5 Å². The maximum atomic E-state index is 11.1. The van der Waals surface area contributed by atoms with E-state index in [-0.39, 0.29) is 12.5 Å². The zero-order valence-electron chi connectivity index (χ0n) is 9.15. The Labute approximate surface area is 97.1 Å². The van der Waals surface area contributed by atoms with Gasteiger partial charge in [-0.3, -0.25) is 4.79 Å². The molecule has 86 valence electrons. The summed E-state index contributed by atoms with van der Waals surface area (Å²) in [7, 11) is 0. The van der Waals surface area contributed by atoms with Gasteiger partial charge in [-0.2, -0.15) is 0 Å². The van der Waals surface area contributed by atoms with Gasteiger partial charge in [0.1, 0.15) is 11.5 Å². The van der Waals surface area contributed by atoms with Crippen molar-refractivity contribution in [2.24, 2.45) is 0 Å². The molecule has 0 saturated heterocycles. The third-order valence-corrected chi connectivity index (χ3v) is 2.45. The van der Waals surface area contributed by atoms with Crippen LogP contribution in [0.3, 0.4) is 0 Å². The summed E-state index contributed by atoms with van der Waals surface area (Å²) >= 11 is 0. The number of hydrogen-bond acceptors (Lipinski definition) is 4. The van der Waals surface area contributed by atoms with Crippen LogP contribution >= 0.6 is 0 Å². The molecule has 0 fully saturated rings. The quantitative estimate of drug-likeness (QED) is 0.769. The first kappa shape index (κ1) is 9.83. The van der Waals surface area contributed by atoms with Gasteiger partial charge in [0.2, 0.25) is 5.88 Å². The predicted molar refractivity (Wildman–Crippen MR) is 60.7 cm³/mol. The fourth-order valence-electron chi connectivity index (χ4n) is 1.67. The number of aryl methyl sites for hydroxylation is 1. The Kier molecular flexibility index (Phi) is 2.07. The highest BCUT2D eigenvalue weighted by Gasteiger charge is 2.18. The van der Waals surface area contributed by atoms with Crippen LogP contribution in [0.5, 0.6) is 5.88 Å². The molecule has 17 heavy (non-hydrogen) atoms. The first-order chi connectivity index (χ1) is 8.22. The number of aromatic amines is 1. The molecule has 0 atom stereocenters. The Morgan fingerprint density at radius 3 is 3.06 bits per heavy atom. The second kappa shape index (κ2) is 3.58.